The van der Waals surface area contributed by atoms with E-state index in [1.54, 1.807) is 12.2 Å². The molecule has 2 heterocycles. The quantitative estimate of drug-likeness (QED) is 0.524. The lowest BCUT2D eigenvalue weighted by molar-refractivity contribution is -0.141. The Bertz CT molecular complexity index is 906. The standard InChI is InChI=1S/C23H22O6/c1-4-6-14-8-18-20(28-12-26-18)10-16(14)22(23(24)25-3)17-11-21-19(27-13-29-21)9-15(17)7-5-2/h4-5,8-11,22H,1-2,6-7,12-13H2,3H3. The van der Waals surface area contributed by atoms with Crippen molar-refractivity contribution in [1.29, 1.82) is 0 Å². The van der Waals surface area contributed by atoms with Crippen LogP contribution in [0.4, 0.5) is 0 Å². The molecule has 0 fully saturated rings. The van der Waals surface area contributed by atoms with Crippen molar-refractivity contribution in [3.05, 3.63) is 71.8 Å². The number of hydrogen-bond acceptors (Lipinski definition) is 6. The molecule has 0 saturated carbocycles. The first-order chi connectivity index (χ1) is 14.2. The zero-order chi connectivity index (χ0) is 20.4. The number of methoxy groups -OCH3 is 1. The Hall–Kier alpha value is -3.41. The second-order valence-electron chi connectivity index (χ2n) is 6.75. The number of benzene rings is 2. The third kappa shape index (κ3) is 3.42. The van der Waals surface area contributed by atoms with E-state index in [9.17, 15) is 4.79 Å². The number of fused-ring (bicyclic) bond motifs is 2. The Morgan fingerprint density at radius 2 is 1.31 bits per heavy atom. The summed E-state index contributed by atoms with van der Waals surface area (Å²) in [6.45, 7) is 8.00. The van der Waals surface area contributed by atoms with Gasteiger partial charge in [-0.1, -0.05) is 12.2 Å². The fraction of sp³-hybridized carbons (Fsp3) is 0.261. The molecule has 0 amide bonds. The molecule has 2 aliphatic rings. The zero-order valence-corrected chi connectivity index (χ0v) is 16.2. The van der Waals surface area contributed by atoms with Crippen molar-refractivity contribution in [1.82, 2.24) is 0 Å². The van der Waals surface area contributed by atoms with E-state index in [4.69, 9.17) is 23.7 Å². The van der Waals surface area contributed by atoms with E-state index in [2.05, 4.69) is 13.2 Å². The highest BCUT2D eigenvalue weighted by Gasteiger charge is 2.32. The highest BCUT2D eigenvalue weighted by atomic mass is 16.7. The van der Waals surface area contributed by atoms with Crippen LogP contribution in [0, 0.1) is 0 Å². The molecule has 0 aromatic heterocycles. The zero-order valence-electron chi connectivity index (χ0n) is 16.2. The van der Waals surface area contributed by atoms with Crippen molar-refractivity contribution in [3.8, 4) is 23.0 Å². The molecule has 0 atom stereocenters. The van der Waals surface area contributed by atoms with Crippen molar-refractivity contribution in [3.63, 3.8) is 0 Å². The van der Waals surface area contributed by atoms with Crippen LogP contribution >= 0.6 is 0 Å². The third-order valence-electron chi connectivity index (χ3n) is 5.06. The van der Waals surface area contributed by atoms with Crippen molar-refractivity contribution in [2.45, 2.75) is 18.8 Å². The minimum Gasteiger partial charge on any atom is -0.468 e. The van der Waals surface area contributed by atoms with Crippen LogP contribution in [0.1, 0.15) is 28.2 Å². The van der Waals surface area contributed by atoms with Gasteiger partial charge < -0.3 is 23.7 Å². The number of carbonyl (C=O) groups excluding carboxylic acids is 1. The number of allylic oxidation sites excluding steroid dienone is 2. The van der Waals surface area contributed by atoms with Crippen LogP contribution in [0.3, 0.4) is 0 Å². The van der Waals surface area contributed by atoms with E-state index in [0.717, 1.165) is 22.3 Å². The third-order valence-corrected chi connectivity index (χ3v) is 5.06. The van der Waals surface area contributed by atoms with Crippen LogP contribution in [-0.2, 0) is 22.4 Å². The maximum atomic E-state index is 13.0. The molecule has 0 unspecified atom stereocenters. The molecule has 0 radical (unpaired) electrons. The van der Waals surface area contributed by atoms with E-state index in [-0.39, 0.29) is 19.6 Å². The van der Waals surface area contributed by atoms with E-state index in [0.29, 0.717) is 35.8 Å². The van der Waals surface area contributed by atoms with Gasteiger partial charge in [0.05, 0.1) is 7.11 Å². The van der Waals surface area contributed by atoms with Crippen LogP contribution < -0.4 is 18.9 Å². The maximum Gasteiger partial charge on any atom is 0.317 e. The summed E-state index contributed by atoms with van der Waals surface area (Å²) >= 11 is 0. The number of rotatable bonds is 7. The van der Waals surface area contributed by atoms with E-state index in [1.165, 1.54) is 7.11 Å². The van der Waals surface area contributed by atoms with Gasteiger partial charge in [-0.05, 0) is 59.4 Å². The first kappa shape index (κ1) is 18.9. The average Bonchev–Trinajstić information content (AvgIpc) is 3.37. The Morgan fingerprint density at radius 1 is 0.897 bits per heavy atom. The smallest absolute Gasteiger partial charge is 0.317 e. The molecule has 0 spiro atoms. The first-order valence-electron chi connectivity index (χ1n) is 9.30. The van der Waals surface area contributed by atoms with Gasteiger partial charge in [0, 0.05) is 0 Å². The summed E-state index contributed by atoms with van der Waals surface area (Å²) in [4.78, 5) is 13.0. The van der Waals surface area contributed by atoms with E-state index >= 15 is 0 Å². The number of ether oxygens (including phenoxy) is 5. The van der Waals surface area contributed by atoms with Crippen LogP contribution in [0.25, 0.3) is 0 Å². The van der Waals surface area contributed by atoms with Crippen molar-refractivity contribution < 1.29 is 28.5 Å². The summed E-state index contributed by atoms with van der Waals surface area (Å²) in [5.41, 5.74) is 3.40. The topological polar surface area (TPSA) is 63.2 Å². The van der Waals surface area contributed by atoms with Crippen LogP contribution in [0.2, 0.25) is 0 Å². The molecular formula is C23H22O6. The Morgan fingerprint density at radius 3 is 1.69 bits per heavy atom. The molecular weight excluding hydrogens is 372 g/mol. The SMILES string of the molecule is C=CCc1cc2c(cc1C(C(=O)OC)c1cc3c(cc1CC=C)OCO3)OCO2. The summed E-state index contributed by atoms with van der Waals surface area (Å²) in [5, 5.41) is 0. The second-order valence-corrected chi connectivity index (χ2v) is 6.75. The number of esters is 1. The molecule has 2 aliphatic heterocycles. The van der Waals surface area contributed by atoms with Crippen LogP contribution in [-0.4, -0.2) is 26.7 Å². The molecule has 0 saturated heterocycles. The Labute approximate surface area is 169 Å². The van der Waals surface area contributed by atoms with Crippen LogP contribution in [0.15, 0.2) is 49.6 Å². The van der Waals surface area contributed by atoms with Gasteiger partial charge in [0.15, 0.2) is 23.0 Å². The van der Waals surface area contributed by atoms with Gasteiger partial charge in [0.1, 0.15) is 5.92 Å². The minimum atomic E-state index is -0.672. The van der Waals surface area contributed by atoms with Gasteiger partial charge >= 0.3 is 5.97 Å². The lowest BCUT2D eigenvalue weighted by Crippen LogP contribution is -2.19. The maximum absolute atomic E-state index is 13.0. The van der Waals surface area contributed by atoms with Gasteiger partial charge in [-0.2, -0.15) is 0 Å². The largest absolute Gasteiger partial charge is 0.468 e. The van der Waals surface area contributed by atoms with Crippen molar-refractivity contribution >= 4 is 5.97 Å². The molecule has 29 heavy (non-hydrogen) atoms. The van der Waals surface area contributed by atoms with Crippen molar-refractivity contribution in [2.75, 3.05) is 20.7 Å². The fourth-order valence-electron chi connectivity index (χ4n) is 3.74. The highest BCUT2D eigenvalue weighted by molar-refractivity contribution is 5.84. The Balaban J connectivity index is 1.92. The number of hydrogen-bond donors (Lipinski definition) is 0. The monoisotopic (exact) mass is 394 g/mol. The molecule has 6 nitrogen and oxygen atoms in total. The molecule has 2 aromatic rings. The second kappa shape index (κ2) is 7.91. The van der Waals surface area contributed by atoms with Gasteiger partial charge in [0.25, 0.3) is 0 Å². The predicted molar refractivity (Wildman–Crippen MR) is 107 cm³/mol. The summed E-state index contributed by atoms with van der Waals surface area (Å²) in [7, 11) is 1.38. The molecule has 0 bridgehead atoms. The average molecular weight is 394 g/mol. The molecule has 2 aromatic carbocycles. The summed E-state index contributed by atoms with van der Waals surface area (Å²) < 4.78 is 27.3. The molecule has 6 heteroatoms. The minimum absolute atomic E-state index is 0.154. The summed E-state index contributed by atoms with van der Waals surface area (Å²) in [6, 6.07) is 7.50. The fourth-order valence-corrected chi connectivity index (χ4v) is 3.74. The van der Waals surface area contributed by atoms with Crippen LogP contribution in [0.5, 0.6) is 23.0 Å². The van der Waals surface area contributed by atoms with Gasteiger partial charge in [0.2, 0.25) is 13.6 Å². The lowest BCUT2D eigenvalue weighted by Gasteiger charge is -2.22. The van der Waals surface area contributed by atoms with E-state index in [1.807, 2.05) is 24.3 Å². The summed E-state index contributed by atoms with van der Waals surface area (Å²) in [6.07, 6.45) is 4.72. The molecule has 0 aliphatic carbocycles. The Kier molecular flexibility index (Phi) is 5.16. The molecule has 150 valence electrons. The van der Waals surface area contributed by atoms with Gasteiger partial charge in [-0.15, -0.1) is 13.2 Å². The van der Waals surface area contributed by atoms with Gasteiger partial charge in [-0.3, -0.25) is 4.79 Å². The normalized spacial score (nSPS) is 13.4. The number of carbonyl (C=O) groups is 1. The van der Waals surface area contributed by atoms with Crippen molar-refractivity contribution in [2.24, 2.45) is 0 Å². The lowest BCUT2D eigenvalue weighted by atomic mass is 9.83. The van der Waals surface area contributed by atoms with Gasteiger partial charge in [-0.25, -0.2) is 0 Å². The molecule has 0 N–H and O–H groups in total. The molecule has 4 rings (SSSR count). The first-order valence-corrected chi connectivity index (χ1v) is 9.30. The van der Waals surface area contributed by atoms with E-state index < -0.39 is 5.92 Å². The highest BCUT2D eigenvalue weighted by Crippen LogP contribution is 2.43. The predicted octanol–water partition coefficient (Wildman–Crippen LogP) is 3.91. The summed E-state index contributed by atoms with van der Waals surface area (Å²) in [5.74, 6) is 1.48.